The third kappa shape index (κ3) is 5.86. The van der Waals surface area contributed by atoms with Gasteiger partial charge in [0.15, 0.2) is 11.4 Å². The van der Waals surface area contributed by atoms with Crippen molar-refractivity contribution in [3.8, 4) is 5.75 Å². The summed E-state index contributed by atoms with van der Waals surface area (Å²) in [6.07, 6.45) is 8.73. The van der Waals surface area contributed by atoms with Gasteiger partial charge in [-0.05, 0) is 61.9 Å². The molecule has 1 aliphatic heterocycles. The van der Waals surface area contributed by atoms with E-state index in [2.05, 4.69) is 0 Å². The molecule has 0 bridgehead atoms. The summed E-state index contributed by atoms with van der Waals surface area (Å²) in [7, 11) is 1.60. The van der Waals surface area contributed by atoms with Gasteiger partial charge in [-0.25, -0.2) is 4.79 Å². The van der Waals surface area contributed by atoms with Crippen LogP contribution in [0.25, 0.3) is 6.08 Å². The smallest absolute Gasteiger partial charge is 0.335 e. The molecule has 1 aliphatic rings. The molecular formula is C26H29NO5. The zero-order valence-corrected chi connectivity index (χ0v) is 18.7. The zero-order chi connectivity index (χ0) is 23.1. The topological polar surface area (TPSA) is 76.1 Å². The van der Waals surface area contributed by atoms with Gasteiger partial charge in [0.05, 0.1) is 19.8 Å². The van der Waals surface area contributed by atoms with Crippen molar-refractivity contribution in [3.05, 3.63) is 83.6 Å². The first-order chi connectivity index (χ1) is 15.3. The van der Waals surface area contributed by atoms with Crippen LogP contribution in [0.2, 0.25) is 0 Å². The molecule has 0 saturated carbocycles. The van der Waals surface area contributed by atoms with Crippen LogP contribution in [0, 0.1) is 0 Å². The molecule has 1 unspecified atom stereocenters. The van der Waals surface area contributed by atoms with Gasteiger partial charge >= 0.3 is 5.97 Å². The van der Waals surface area contributed by atoms with Crippen LogP contribution in [0.1, 0.15) is 41.8 Å². The van der Waals surface area contributed by atoms with Crippen molar-refractivity contribution in [2.24, 2.45) is 0 Å². The summed E-state index contributed by atoms with van der Waals surface area (Å²) in [6, 6.07) is 14.8. The Hall–Kier alpha value is -3.38. The van der Waals surface area contributed by atoms with E-state index in [1.807, 2.05) is 53.6 Å². The highest BCUT2D eigenvalue weighted by atomic mass is 16.5. The summed E-state index contributed by atoms with van der Waals surface area (Å²) < 4.78 is 10.6. The molecule has 3 rings (SSSR count). The fourth-order valence-electron chi connectivity index (χ4n) is 3.32. The fraction of sp³-hybridized carbons (Fsp3) is 0.308. The van der Waals surface area contributed by atoms with Gasteiger partial charge in [-0.3, -0.25) is 4.79 Å². The molecule has 0 fully saturated rings. The number of carboxylic acids is 1. The van der Waals surface area contributed by atoms with Crippen LogP contribution < -0.4 is 4.74 Å². The number of nitrogens with zero attached hydrogens (tertiary/aromatic N) is 1. The third-order valence-corrected chi connectivity index (χ3v) is 5.45. The Labute approximate surface area is 188 Å². The number of carbonyl (C=O) groups excluding carboxylic acids is 1. The summed E-state index contributed by atoms with van der Waals surface area (Å²) in [5, 5.41) is 9.12. The lowest BCUT2D eigenvalue weighted by molar-refractivity contribution is -0.162. The molecular weight excluding hydrogens is 406 g/mol. The number of ketones is 1. The molecule has 2 aromatic carbocycles. The van der Waals surface area contributed by atoms with E-state index in [0.717, 1.165) is 16.9 Å². The number of carbonyl (C=O) groups is 2. The average Bonchev–Trinajstić information content (AvgIpc) is 3.26. The summed E-state index contributed by atoms with van der Waals surface area (Å²) in [4.78, 5) is 26.1. The minimum Gasteiger partial charge on any atom is -0.497 e. The van der Waals surface area contributed by atoms with E-state index >= 15 is 0 Å². The molecule has 0 spiro atoms. The highest BCUT2D eigenvalue weighted by Crippen LogP contribution is 2.21. The molecule has 168 valence electrons. The average molecular weight is 436 g/mol. The Balaban J connectivity index is 1.54. The van der Waals surface area contributed by atoms with E-state index in [-0.39, 0.29) is 18.4 Å². The van der Waals surface area contributed by atoms with E-state index in [1.165, 1.54) is 13.8 Å². The Morgan fingerprint density at radius 1 is 1.12 bits per heavy atom. The van der Waals surface area contributed by atoms with Gasteiger partial charge in [-0.1, -0.05) is 42.5 Å². The van der Waals surface area contributed by atoms with E-state index in [9.17, 15) is 9.59 Å². The lowest BCUT2D eigenvalue weighted by atomic mass is 10.0. The van der Waals surface area contributed by atoms with Gasteiger partial charge in [0, 0.05) is 12.1 Å². The Morgan fingerprint density at radius 3 is 2.44 bits per heavy atom. The van der Waals surface area contributed by atoms with Crippen molar-refractivity contribution in [3.63, 3.8) is 0 Å². The van der Waals surface area contributed by atoms with Crippen LogP contribution in [0.15, 0.2) is 66.9 Å². The largest absolute Gasteiger partial charge is 0.497 e. The Bertz CT molecular complexity index is 990. The SMILES string of the molecule is COc1ccc(C(=O)C2CC=CN2C/C=C/c2ccc(COC(C)(C)C(=O)O)cc2)cc1. The van der Waals surface area contributed by atoms with Gasteiger partial charge in [-0.15, -0.1) is 0 Å². The minimum atomic E-state index is -1.22. The van der Waals surface area contributed by atoms with Crippen LogP contribution in [-0.2, 0) is 16.1 Å². The predicted octanol–water partition coefficient (Wildman–Crippen LogP) is 4.56. The number of benzene rings is 2. The number of aliphatic carboxylic acids is 1. The molecule has 1 heterocycles. The highest BCUT2D eigenvalue weighted by Gasteiger charge is 2.28. The van der Waals surface area contributed by atoms with Crippen molar-refractivity contribution < 1.29 is 24.2 Å². The number of ether oxygens (including phenoxy) is 2. The molecule has 6 nitrogen and oxygen atoms in total. The van der Waals surface area contributed by atoms with Crippen LogP contribution >= 0.6 is 0 Å². The van der Waals surface area contributed by atoms with Gasteiger partial charge in [0.2, 0.25) is 0 Å². The molecule has 0 radical (unpaired) electrons. The number of hydrogen-bond acceptors (Lipinski definition) is 5. The maximum Gasteiger partial charge on any atom is 0.335 e. The maximum absolute atomic E-state index is 12.9. The van der Waals surface area contributed by atoms with Crippen molar-refractivity contribution >= 4 is 17.8 Å². The van der Waals surface area contributed by atoms with Gasteiger partial charge < -0.3 is 19.5 Å². The summed E-state index contributed by atoms with van der Waals surface area (Å²) >= 11 is 0. The molecule has 0 aromatic heterocycles. The number of carboxylic acid groups (broad SMARTS) is 1. The fourth-order valence-corrected chi connectivity index (χ4v) is 3.32. The lowest BCUT2D eigenvalue weighted by Crippen LogP contribution is -2.34. The zero-order valence-electron chi connectivity index (χ0n) is 18.7. The quantitative estimate of drug-likeness (QED) is 0.552. The lowest BCUT2D eigenvalue weighted by Gasteiger charge is -2.23. The van der Waals surface area contributed by atoms with Crippen LogP contribution in [-0.4, -0.2) is 47.1 Å². The normalized spacial score (nSPS) is 16.0. The molecule has 32 heavy (non-hydrogen) atoms. The first-order valence-electron chi connectivity index (χ1n) is 10.5. The first kappa shape index (κ1) is 23.3. The van der Waals surface area contributed by atoms with Gasteiger partial charge in [0.25, 0.3) is 0 Å². The van der Waals surface area contributed by atoms with Crippen molar-refractivity contribution in [1.29, 1.82) is 0 Å². The van der Waals surface area contributed by atoms with Crippen LogP contribution in [0.4, 0.5) is 0 Å². The number of Topliss-reactive ketones (excluding diaryl/α,β-unsaturated/α-hetero) is 1. The summed E-state index contributed by atoms with van der Waals surface area (Å²) in [5.41, 5.74) is 1.38. The molecule has 0 amide bonds. The number of methoxy groups -OCH3 is 1. The van der Waals surface area contributed by atoms with E-state index in [1.54, 1.807) is 31.4 Å². The van der Waals surface area contributed by atoms with Crippen molar-refractivity contribution in [2.45, 2.75) is 38.5 Å². The molecule has 1 N–H and O–H groups in total. The van der Waals surface area contributed by atoms with Crippen molar-refractivity contribution in [1.82, 2.24) is 4.90 Å². The molecule has 1 atom stereocenters. The van der Waals surface area contributed by atoms with E-state index in [4.69, 9.17) is 14.6 Å². The summed E-state index contributed by atoms with van der Waals surface area (Å²) in [5.74, 6) is -0.162. The molecule has 2 aromatic rings. The first-order valence-corrected chi connectivity index (χ1v) is 10.5. The Morgan fingerprint density at radius 2 is 1.81 bits per heavy atom. The second kappa shape index (κ2) is 10.3. The number of hydrogen-bond donors (Lipinski definition) is 1. The van der Waals surface area contributed by atoms with E-state index < -0.39 is 11.6 Å². The second-order valence-electron chi connectivity index (χ2n) is 8.17. The van der Waals surface area contributed by atoms with Crippen LogP contribution in [0.5, 0.6) is 5.75 Å². The Kier molecular flexibility index (Phi) is 7.49. The highest BCUT2D eigenvalue weighted by molar-refractivity contribution is 6.00. The summed E-state index contributed by atoms with van der Waals surface area (Å²) in [6.45, 7) is 3.93. The molecule has 6 heteroatoms. The second-order valence-corrected chi connectivity index (χ2v) is 8.17. The molecule has 0 aliphatic carbocycles. The number of rotatable bonds is 10. The maximum atomic E-state index is 12.9. The van der Waals surface area contributed by atoms with Crippen molar-refractivity contribution in [2.75, 3.05) is 13.7 Å². The third-order valence-electron chi connectivity index (χ3n) is 5.45. The predicted molar refractivity (Wildman–Crippen MR) is 124 cm³/mol. The van der Waals surface area contributed by atoms with Crippen LogP contribution in [0.3, 0.4) is 0 Å². The van der Waals surface area contributed by atoms with E-state index in [0.29, 0.717) is 18.5 Å². The van der Waals surface area contributed by atoms with Gasteiger partial charge in [0.1, 0.15) is 5.75 Å². The molecule has 0 saturated heterocycles. The van der Waals surface area contributed by atoms with Gasteiger partial charge in [-0.2, -0.15) is 0 Å². The minimum absolute atomic E-state index is 0.0969. The standard InChI is InChI=1S/C26H29NO5/c1-26(2,25(29)30)32-18-20-10-8-19(9-11-20)6-4-16-27-17-5-7-23(27)24(28)21-12-14-22(31-3)15-13-21/h4-6,8-15,17,23H,7,16,18H2,1-3H3,(H,29,30)/b6-4+. The monoisotopic (exact) mass is 435 g/mol.